The molecule has 92 valence electrons. The zero-order chi connectivity index (χ0) is 12.4. The maximum atomic E-state index is 12.4. The second-order valence-corrected chi connectivity index (χ2v) is 5.11. The Kier molecular flexibility index (Phi) is 3.74. The fourth-order valence-corrected chi connectivity index (χ4v) is 2.51. The van der Waals surface area contributed by atoms with E-state index in [0.717, 1.165) is 24.5 Å². The average molecular weight is 250 g/mol. The van der Waals surface area contributed by atoms with E-state index in [1.165, 1.54) is 0 Å². The highest BCUT2D eigenvalue weighted by molar-refractivity contribution is 7.80. The number of carbonyl (C=O) groups is 1. The third kappa shape index (κ3) is 2.64. The molecular formula is C13H18N2OS. The number of amides is 1. The molecule has 1 unspecified atom stereocenters. The number of nitrogens with zero attached hydrogens (tertiary/aromatic N) is 2. The molecule has 0 bridgehead atoms. The molecule has 1 aromatic rings. The summed E-state index contributed by atoms with van der Waals surface area (Å²) in [6.07, 6.45) is 0. The maximum Gasteiger partial charge on any atom is 0.255 e. The largest absolute Gasteiger partial charge is 0.333 e. The molecule has 0 spiro atoms. The quantitative estimate of drug-likeness (QED) is 0.768. The van der Waals surface area contributed by atoms with Gasteiger partial charge in [0.25, 0.3) is 5.91 Å². The number of thiol groups is 1. The lowest BCUT2D eigenvalue weighted by Gasteiger charge is -2.38. The van der Waals surface area contributed by atoms with Gasteiger partial charge in [0.05, 0.1) is 5.56 Å². The molecule has 1 aliphatic heterocycles. The Hall–Kier alpha value is -1.00. The Morgan fingerprint density at radius 2 is 2.06 bits per heavy atom. The normalized spacial score (nSPS) is 21.6. The van der Waals surface area contributed by atoms with Gasteiger partial charge < -0.3 is 9.80 Å². The Balaban J connectivity index is 2.18. The van der Waals surface area contributed by atoms with Crippen molar-refractivity contribution >= 4 is 18.5 Å². The van der Waals surface area contributed by atoms with Gasteiger partial charge in [0.1, 0.15) is 0 Å². The standard InChI is InChI=1S/C13H18N2OS/c1-10-9-14(2)7-8-15(10)13(16)11-5-3-4-6-12(11)17/h3-6,10,17H,7-9H2,1-2H3. The Labute approximate surface area is 108 Å². The summed E-state index contributed by atoms with van der Waals surface area (Å²) in [6, 6.07) is 7.74. The zero-order valence-corrected chi connectivity index (χ0v) is 11.2. The minimum absolute atomic E-state index is 0.0937. The molecule has 0 aromatic heterocycles. The topological polar surface area (TPSA) is 23.6 Å². The number of hydrogen-bond donors (Lipinski definition) is 1. The Morgan fingerprint density at radius 1 is 1.35 bits per heavy atom. The van der Waals surface area contributed by atoms with Crippen molar-refractivity contribution in [3.8, 4) is 0 Å². The fourth-order valence-electron chi connectivity index (χ4n) is 2.25. The molecule has 1 atom stereocenters. The highest BCUT2D eigenvalue weighted by Crippen LogP contribution is 2.18. The summed E-state index contributed by atoms with van der Waals surface area (Å²) in [4.78, 5) is 17.3. The maximum absolute atomic E-state index is 12.4. The van der Waals surface area contributed by atoms with Crippen LogP contribution in [-0.4, -0.2) is 48.4 Å². The lowest BCUT2D eigenvalue weighted by atomic mass is 10.1. The summed E-state index contributed by atoms with van der Waals surface area (Å²) in [5, 5.41) is 0. The first-order chi connectivity index (χ1) is 8.09. The number of piperazine rings is 1. The van der Waals surface area contributed by atoms with Crippen molar-refractivity contribution in [2.75, 3.05) is 26.7 Å². The van der Waals surface area contributed by atoms with Crippen molar-refractivity contribution < 1.29 is 4.79 Å². The van der Waals surface area contributed by atoms with Crippen molar-refractivity contribution in [2.45, 2.75) is 17.9 Å². The van der Waals surface area contributed by atoms with Crippen molar-refractivity contribution in [1.29, 1.82) is 0 Å². The predicted octanol–water partition coefficient (Wildman–Crippen LogP) is 1.75. The van der Waals surface area contributed by atoms with Crippen LogP contribution in [0.25, 0.3) is 0 Å². The number of hydrogen-bond acceptors (Lipinski definition) is 3. The van der Waals surface area contributed by atoms with E-state index < -0.39 is 0 Å². The van der Waals surface area contributed by atoms with E-state index >= 15 is 0 Å². The average Bonchev–Trinajstić information content (AvgIpc) is 2.29. The summed E-state index contributed by atoms with van der Waals surface area (Å²) in [7, 11) is 2.09. The Morgan fingerprint density at radius 3 is 2.71 bits per heavy atom. The molecule has 17 heavy (non-hydrogen) atoms. The van der Waals surface area contributed by atoms with Gasteiger partial charge >= 0.3 is 0 Å². The monoisotopic (exact) mass is 250 g/mol. The number of benzene rings is 1. The predicted molar refractivity (Wildman–Crippen MR) is 71.7 cm³/mol. The van der Waals surface area contributed by atoms with E-state index in [-0.39, 0.29) is 11.9 Å². The van der Waals surface area contributed by atoms with Gasteiger partial charge in [-0.1, -0.05) is 12.1 Å². The molecule has 1 heterocycles. The third-order valence-corrected chi connectivity index (χ3v) is 3.62. The van der Waals surface area contributed by atoms with Crippen LogP contribution in [0.3, 0.4) is 0 Å². The number of rotatable bonds is 1. The van der Waals surface area contributed by atoms with E-state index in [1.54, 1.807) is 0 Å². The van der Waals surface area contributed by atoms with Gasteiger partial charge in [-0.2, -0.15) is 0 Å². The summed E-state index contributed by atoms with van der Waals surface area (Å²) in [5.41, 5.74) is 0.701. The van der Waals surface area contributed by atoms with Gasteiger partial charge in [-0.3, -0.25) is 4.79 Å². The lowest BCUT2D eigenvalue weighted by molar-refractivity contribution is 0.0530. The smallest absolute Gasteiger partial charge is 0.255 e. The van der Waals surface area contributed by atoms with Crippen molar-refractivity contribution in [3.63, 3.8) is 0 Å². The molecule has 1 fully saturated rings. The second-order valence-electron chi connectivity index (χ2n) is 4.63. The molecule has 0 radical (unpaired) electrons. The third-order valence-electron chi connectivity index (χ3n) is 3.23. The SMILES string of the molecule is CC1CN(C)CCN1C(=O)c1ccccc1S. The van der Waals surface area contributed by atoms with Gasteiger partial charge in [-0.25, -0.2) is 0 Å². The van der Waals surface area contributed by atoms with E-state index in [9.17, 15) is 4.79 Å². The second kappa shape index (κ2) is 5.10. The van der Waals surface area contributed by atoms with Crippen LogP contribution in [0.5, 0.6) is 0 Å². The first kappa shape index (κ1) is 12.5. The van der Waals surface area contributed by atoms with Crippen LogP contribution in [0.2, 0.25) is 0 Å². The molecule has 0 N–H and O–H groups in total. The van der Waals surface area contributed by atoms with Crippen LogP contribution in [0.4, 0.5) is 0 Å². The van der Waals surface area contributed by atoms with Crippen LogP contribution in [0.15, 0.2) is 29.2 Å². The molecule has 3 nitrogen and oxygen atoms in total. The summed E-state index contributed by atoms with van der Waals surface area (Å²) < 4.78 is 0. The van der Waals surface area contributed by atoms with E-state index in [4.69, 9.17) is 0 Å². The Bertz CT molecular complexity index is 422. The van der Waals surface area contributed by atoms with Crippen molar-refractivity contribution in [1.82, 2.24) is 9.80 Å². The molecule has 1 aromatic carbocycles. The van der Waals surface area contributed by atoms with Crippen molar-refractivity contribution in [3.05, 3.63) is 29.8 Å². The number of likely N-dealkylation sites (N-methyl/N-ethyl adjacent to an activating group) is 1. The van der Waals surface area contributed by atoms with Gasteiger partial charge in [0.15, 0.2) is 0 Å². The first-order valence-electron chi connectivity index (χ1n) is 5.87. The van der Waals surface area contributed by atoms with Gasteiger partial charge in [0.2, 0.25) is 0 Å². The van der Waals surface area contributed by atoms with Crippen LogP contribution < -0.4 is 0 Å². The first-order valence-corrected chi connectivity index (χ1v) is 6.32. The van der Waals surface area contributed by atoms with Crippen LogP contribution >= 0.6 is 12.6 Å². The highest BCUT2D eigenvalue weighted by Gasteiger charge is 2.27. The van der Waals surface area contributed by atoms with Gasteiger partial charge in [-0.15, -0.1) is 12.6 Å². The van der Waals surface area contributed by atoms with Crippen LogP contribution in [0.1, 0.15) is 17.3 Å². The molecule has 0 aliphatic carbocycles. The molecule has 1 aliphatic rings. The zero-order valence-electron chi connectivity index (χ0n) is 10.3. The van der Waals surface area contributed by atoms with E-state index in [1.807, 2.05) is 29.2 Å². The molecule has 2 rings (SSSR count). The van der Waals surface area contributed by atoms with E-state index in [0.29, 0.717) is 5.56 Å². The molecule has 4 heteroatoms. The van der Waals surface area contributed by atoms with Gasteiger partial charge in [-0.05, 0) is 26.1 Å². The molecular weight excluding hydrogens is 232 g/mol. The summed E-state index contributed by atoms with van der Waals surface area (Å²) >= 11 is 4.35. The minimum Gasteiger partial charge on any atom is -0.333 e. The fraction of sp³-hybridized carbons (Fsp3) is 0.462. The summed E-state index contributed by atoms with van der Waals surface area (Å²) in [5.74, 6) is 0.0937. The lowest BCUT2D eigenvalue weighted by Crippen LogP contribution is -2.52. The van der Waals surface area contributed by atoms with Crippen molar-refractivity contribution in [2.24, 2.45) is 0 Å². The van der Waals surface area contributed by atoms with Gasteiger partial charge in [0, 0.05) is 30.6 Å². The summed E-state index contributed by atoms with van der Waals surface area (Å²) in [6.45, 7) is 4.75. The highest BCUT2D eigenvalue weighted by atomic mass is 32.1. The minimum atomic E-state index is 0.0937. The molecule has 1 saturated heterocycles. The molecule has 0 saturated carbocycles. The number of carbonyl (C=O) groups excluding carboxylic acids is 1. The van der Waals surface area contributed by atoms with Crippen LogP contribution in [0, 0.1) is 0 Å². The molecule has 1 amide bonds. The van der Waals surface area contributed by atoms with Crippen LogP contribution in [-0.2, 0) is 0 Å². The van der Waals surface area contributed by atoms with E-state index in [2.05, 4.69) is 31.5 Å².